The first-order valence-electron chi connectivity index (χ1n) is 5.99. The summed E-state index contributed by atoms with van der Waals surface area (Å²) in [6, 6.07) is 0. The van der Waals surface area contributed by atoms with E-state index in [-0.39, 0.29) is 5.91 Å². The van der Waals surface area contributed by atoms with E-state index >= 15 is 0 Å². The molecule has 19 heavy (non-hydrogen) atoms. The molecule has 0 atom stereocenters. The number of anilines is 1. The van der Waals surface area contributed by atoms with Crippen molar-refractivity contribution in [2.45, 2.75) is 24.5 Å². The van der Waals surface area contributed by atoms with Gasteiger partial charge in [0.05, 0.1) is 5.69 Å². The van der Waals surface area contributed by atoms with Crippen LogP contribution in [0.15, 0.2) is 12.7 Å². The zero-order valence-electron chi connectivity index (χ0n) is 10.5. The lowest BCUT2D eigenvalue weighted by atomic mass is 10.2. The van der Waals surface area contributed by atoms with Crippen LogP contribution in [0.25, 0.3) is 0 Å². The molecule has 1 amide bonds. The van der Waals surface area contributed by atoms with Crippen molar-refractivity contribution in [2.75, 3.05) is 5.32 Å². The summed E-state index contributed by atoms with van der Waals surface area (Å²) in [6.07, 6.45) is 3.60. The van der Waals surface area contributed by atoms with Crippen molar-refractivity contribution in [1.82, 2.24) is 24.5 Å². The molecule has 1 N–H and O–H groups in total. The summed E-state index contributed by atoms with van der Waals surface area (Å²) in [5.41, 5.74) is 2.24. The Morgan fingerprint density at radius 1 is 1.42 bits per heavy atom. The predicted molar refractivity (Wildman–Crippen MR) is 71.5 cm³/mol. The van der Waals surface area contributed by atoms with E-state index in [1.807, 2.05) is 18.8 Å². The molecule has 0 saturated carbocycles. The van der Waals surface area contributed by atoms with Crippen molar-refractivity contribution in [2.24, 2.45) is 7.05 Å². The van der Waals surface area contributed by atoms with Crippen molar-refractivity contribution < 1.29 is 4.79 Å². The predicted octanol–water partition coefficient (Wildman–Crippen LogP) is 0.787. The Hall–Kier alpha value is -1.83. The molecule has 0 aliphatic carbocycles. The Morgan fingerprint density at radius 2 is 2.21 bits per heavy atom. The van der Waals surface area contributed by atoms with E-state index in [0.717, 1.165) is 28.6 Å². The number of aryl methyl sites for hydroxylation is 2. The van der Waals surface area contributed by atoms with Gasteiger partial charge in [-0.1, -0.05) is 0 Å². The highest BCUT2D eigenvalue weighted by molar-refractivity contribution is 7.98. The van der Waals surface area contributed by atoms with Gasteiger partial charge in [-0.2, -0.15) is 16.9 Å². The van der Waals surface area contributed by atoms with Crippen LogP contribution >= 0.6 is 11.8 Å². The summed E-state index contributed by atoms with van der Waals surface area (Å²) in [5, 5.41) is 14.8. The van der Waals surface area contributed by atoms with E-state index in [1.165, 1.54) is 0 Å². The maximum absolute atomic E-state index is 11.9. The molecule has 0 radical (unpaired) electrons. The topological polar surface area (TPSA) is 77.6 Å². The molecular weight excluding hydrogens is 264 g/mol. The summed E-state index contributed by atoms with van der Waals surface area (Å²) in [7, 11) is 1.86. The number of hydrogen-bond acceptors (Lipinski definition) is 5. The molecule has 0 fully saturated rings. The number of thioether (sulfide) groups is 1. The molecular formula is C11H14N6OS. The van der Waals surface area contributed by atoms with Crippen molar-refractivity contribution in [1.29, 1.82) is 0 Å². The van der Waals surface area contributed by atoms with E-state index < -0.39 is 0 Å². The molecule has 0 bridgehead atoms. The molecule has 2 aromatic heterocycles. The third kappa shape index (κ3) is 2.48. The Kier molecular flexibility index (Phi) is 3.24. The highest BCUT2D eigenvalue weighted by atomic mass is 32.2. The number of rotatable bonds is 4. The number of fused-ring (bicyclic) bond motifs is 1. The van der Waals surface area contributed by atoms with Crippen LogP contribution in [-0.4, -0.2) is 30.5 Å². The SMILES string of the molecule is Cn1nc2c(c1NC(=O)CCn1cnnc1)CSC2. The standard InChI is InChI=1S/C11H14N6OS/c1-16-11(8-4-19-5-9(8)15-16)14-10(18)2-3-17-6-12-13-7-17/h6-7H,2-5H2,1H3,(H,14,18). The van der Waals surface area contributed by atoms with E-state index in [1.54, 1.807) is 21.9 Å². The summed E-state index contributed by atoms with van der Waals surface area (Å²) < 4.78 is 3.53. The van der Waals surface area contributed by atoms with Crippen molar-refractivity contribution in [3.8, 4) is 0 Å². The first-order valence-corrected chi connectivity index (χ1v) is 7.14. The largest absolute Gasteiger partial charge is 0.320 e. The first kappa shape index (κ1) is 12.2. The number of aromatic nitrogens is 5. The quantitative estimate of drug-likeness (QED) is 0.894. The first-order chi connectivity index (χ1) is 9.24. The van der Waals surface area contributed by atoms with Gasteiger partial charge in [0, 0.05) is 37.1 Å². The Morgan fingerprint density at radius 3 is 3.00 bits per heavy atom. The van der Waals surface area contributed by atoms with E-state index in [0.29, 0.717) is 13.0 Å². The number of nitrogens with zero attached hydrogens (tertiary/aromatic N) is 5. The molecule has 1 aliphatic heterocycles. The van der Waals surface area contributed by atoms with Gasteiger partial charge in [0.2, 0.25) is 5.91 Å². The van der Waals surface area contributed by atoms with Crippen LogP contribution in [0.4, 0.5) is 5.82 Å². The molecule has 0 spiro atoms. The number of nitrogens with one attached hydrogen (secondary N) is 1. The molecule has 2 aromatic rings. The van der Waals surface area contributed by atoms with Crippen LogP contribution in [0, 0.1) is 0 Å². The van der Waals surface area contributed by atoms with Gasteiger partial charge < -0.3 is 9.88 Å². The van der Waals surface area contributed by atoms with Gasteiger partial charge in [0.1, 0.15) is 18.5 Å². The van der Waals surface area contributed by atoms with Crippen molar-refractivity contribution in [3.05, 3.63) is 23.9 Å². The third-order valence-corrected chi connectivity index (χ3v) is 4.01. The number of hydrogen-bond donors (Lipinski definition) is 1. The van der Waals surface area contributed by atoms with Gasteiger partial charge in [-0.25, -0.2) is 0 Å². The summed E-state index contributed by atoms with van der Waals surface area (Å²) >= 11 is 1.82. The molecule has 8 heteroatoms. The third-order valence-electron chi connectivity index (χ3n) is 3.04. The zero-order valence-corrected chi connectivity index (χ0v) is 11.4. The second kappa shape index (κ2) is 5.04. The van der Waals surface area contributed by atoms with Gasteiger partial charge in [-0.15, -0.1) is 10.2 Å². The molecule has 0 aromatic carbocycles. The van der Waals surface area contributed by atoms with Gasteiger partial charge in [0.15, 0.2) is 0 Å². The molecule has 100 valence electrons. The fraction of sp³-hybridized carbons (Fsp3) is 0.455. The minimum atomic E-state index is -0.0172. The molecule has 0 unspecified atom stereocenters. The van der Waals surface area contributed by atoms with Crippen LogP contribution < -0.4 is 5.32 Å². The van der Waals surface area contributed by atoms with Gasteiger partial charge in [-0.05, 0) is 0 Å². The van der Waals surface area contributed by atoms with E-state index in [2.05, 4.69) is 20.6 Å². The van der Waals surface area contributed by atoms with Crippen LogP contribution in [0.5, 0.6) is 0 Å². The highest BCUT2D eigenvalue weighted by Gasteiger charge is 2.22. The Bertz CT molecular complexity index is 591. The van der Waals surface area contributed by atoms with Gasteiger partial charge in [-0.3, -0.25) is 9.48 Å². The zero-order chi connectivity index (χ0) is 13.2. The summed E-state index contributed by atoms with van der Waals surface area (Å²) in [4.78, 5) is 11.9. The maximum atomic E-state index is 11.9. The Balaban J connectivity index is 1.63. The molecule has 3 rings (SSSR count). The molecule has 3 heterocycles. The van der Waals surface area contributed by atoms with Crippen molar-refractivity contribution in [3.63, 3.8) is 0 Å². The lowest BCUT2D eigenvalue weighted by Crippen LogP contribution is -2.17. The van der Waals surface area contributed by atoms with Crippen molar-refractivity contribution >= 4 is 23.5 Å². The smallest absolute Gasteiger partial charge is 0.227 e. The van der Waals surface area contributed by atoms with Gasteiger partial charge in [0.25, 0.3) is 0 Å². The van der Waals surface area contributed by atoms with Gasteiger partial charge >= 0.3 is 0 Å². The van der Waals surface area contributed by atoms with E-state index in [9.17, 15) is 4.79 Å². The van der Waals surface area contributed by atoms with Crippen LogP contribution in [0.2, 0.25) is 0 Å². The second-order valence-electron chi connectivity index (χ2n) is 4.39. The average Bonchev–Trinajstić information content (AvgIpc) is 3.07. The number of carbonyl (C=O) groups excluding carboxylic acids is 1. The molecule has 7 nitrogen and oxygen atoms in total. The van der Waals surface area contributed by atoms with Crippen LogP contribution in [0.1, 0.15) is 17.7 Å². The minimum Gasteiger partial charge on any atom is -0.320 e. The molecule has 0 saturated heterocycles. The molecule has 1 aliphatic rings. The lowest BCUT2D eigenvalue weighted by molar-refractivity contribution is -0.116. The average molecular weight is 278 g/mol. The number of carbonyl (C=O) groups is 1. The fourth-order valence-electron chi connectivity index (χ4n) is 2.06. The van der Waals surface area contributed by atoms with Crippen LogP contribution in [0.3, 0.4) is 0 Å². The summed E-state index contributed by atoms with van der Waals surface area (Å²) in [5.74, 6) is 2.66. The van der Waals surface area contributed by atoms with E-state index in [4.69, 9.17) is 0 Å². The van der Waals surface area contributed by atoms with Crippen LogP contribution in [-0.2, 0) is 29.9 Å². The fourth-order valence-corrected chi connectivity index (χ4v) is 3.09. The normalized spacial score (nSPS) is 13.5. The number of amides is 1. The highest BCUT2D eigenvalue weighted by Crippen LogP contribution is 2.34. The monoisotopic (exact) mass is 278 g/mol. The lowest BCUT2D eigenvalue weighted by Gasteiger charge is -2.07. The summed E-state index contributed by atoms with van der Waals surface area (Å²) in [6.45, 7) is 0.577. The Labute approximate surface area is 114 Å². The second-order valence-corrected chi connectivity index (χ2v) is 5.37. The minimum absolute atomic E-state index is 0.0172. The maximum Gasteiger partial charge on any atom is 0.227 e.